The van der Waals surface area contributed by atoms with E-state index in [-0.39, 0.29) is 29.8 Å². The van der Waals surface area contributed by atoms with E-state index in [0.29, 0.717) is 5.75 Å². The zero-order valence-corrected chi connectivity index (χ0v) is 19.9. The van der Waals surface area contributed by atoms with Crippen LogP contribution in [0, 0.1) is 35.1 Å². The topological polar surface area (TPSA) is 9.23 Å². The van der Waals surface area contributed by atoms with E-state index in [4.69, 9.17) is 4.74 Å². The third-order valence-electron chi connectivity index (χ3n) is 6.10. The first-order valence-electron chi connectivity index (χ1n) is 11.0. The van der Waals surface area contributed by atoms with Crippen LogP contribution < -0.4 is 4.74 Å². The summed E-state index contributed by atoms with van der Waals surface area (Å²) in [6, 6.07) is 5.45. The Bertz CT molecular complexity index is 1580. The lowest BCUT2D eigenvalue weighted by atomic mass is 9.92. The quantitative estimate of drug-likeness (QED) is 0.167. The molecular formula is C27H11F13O. The Labute approximate surface area is 221 Å². The second-order valence-electron chi connectivity index (χ2n) is 8.53. The molecule has 14 heteroatoms. The molecule has 4 rings (SSSR count). The van der Waals surface area contributed by atoms with Crippen molar-refractivity contribution in [2.75, 3.05) is 7.11 Å². The number of ether oxygens (including phenoxy) is 1. The van der Waals surface area contributed by atoms with Crippen LogP contribution in [0.2, 0.25) is 0 Å². The van der Waals surface area contributed by atoms with Gasteiger partial charge in [0.2, 0.25) is 0 Å². The van der Waals surface area contributed by atoms with E-state index >= 15 is 8.78 Å². The van der Waals surface area contributed by atoms with E-state index in [1.807, 2.05) is 0 Å². The standard InChI is InChI=1S/C27H11F13O/c1-41-15-9-2-12(3-10-15)4-11-16-20(28)22(30)17(23(31)21(16)29)19-18(24(32,33)27(39,40)25(19,34)35)13-5-7-14(8-6-13)26(36,37)38/h2-3,5-10H,1H3. The van der Waals surface area contributed by atoms with Gasteiger partial charge in [0.15, 0.2) is 23.3 Å². The fraction of sp³-hybridized carbons (Fsp3) is 0.185. The predicted molar refractivity (Wildman–Crippen MR) is 118 cm³/mol. The van der Waals surface area contributed by atoms with Gasteiger partial charge in [-0.25, -0.2) is 17.6 Å². The Morgan fingerprint density at radius 1 is 0.634 bits per heavy atom. The molecule has 0 aromatic heterocycles. The molecule has 41 heavy (non-hydrogen) atoms. The van der Waals surface area contributed by atoms with E-state index in [1.54, 1.807) is 5.92 Å². The van der Waals surface area contributed by atoms with Crippen molar-refractivity contribution in [2.24, 2.45) is 0 Å². The zero-order chi connectivity index (χ0) is 30.7. The summed E-state index contributed by atoms with van der Waals surface area (Å²) in [6.45, 7) is 0. The first-order valence-corrected chi connectivity index (χ1v) is 11.0. The summed E-state index contributed by atoms with van der Waals surface area (Å²) >= 11 is 0. The molecule has 1 aliphatic rings. The highest BCUT2D eigenvalue weighted by Gasteiger charge is 2.80. The van der Waals surface area contributed by atoms with Gasteiger partial charge in [0.1, 0.15) is 11.3 Å². The van der Waals surface area contributed by atoms with Gasteiger partial charge in [0.25, 0.3) is 0 Å². The van der Waals surface area contributed by atoms with Gasteiger partial charge >= 0.3 is 23.9 Å². The molecule has 0 aliphatic heterocycles. The highest BCUT2D eigenvalue weighted by Crippen LogP contribution is 2.65. The maximum Gasteiger partial charge on any atom is 0.416 e. The summed E-state index contributed by atoms with van der Waals surface area (Å²) in [4.78, 5) is 0. The molecule has 1 nitrogen and oxygen atoms in total. The normalized spacial score (nSPS) is 17.3. The van der Waals surface area contributed by atoms with Crippen LogP contribution in [0.3, 0.4) is 0 Å². The summed E-state index contributed by atoms with van der Waals surface area (Å²) in [6.07, 6.45) is -5.07. The van der Waals surface area contributed by atoms with Crippen LogP contribution in [-0.2, 0) is 6.18 Å². The molecule has 0 fully saturated rings. The lowest BCUT2D eigenvalue weighted by Gasteiger charge is -2.26. The van der Waals surface area contributed by atoms with Crippen molar-refractivity contribution >= 4 is 11.1 Å². The first kappa shape index (κ1) is 29.8. The molecule has 0 heterocycles. The van der Waals surface area contributed by atoms with E-state index in [2.05, 4.69) is 5.92 Å². The Balaban J connectivity index is 1.99. The molecule has 0 amide bonds. The lowest BCUT2D eigenvalue weighted by Crippen LogP contribution is -2.49. The van der Waals surface area contributed by atoms with Gasteiger partial charge in [-0.1, -0.05) is 24.0 Å². The third kappa shape index (κ3) is 4.57. The Morgan fingerprint density at radius 2 is 1.12 bits per heavy atom. The minimum atomic E-state index is -6.42. The van der Waals surface area contributed by atoms with Gasteiger partial charge in [-0.3, -0.25) is 0 Å². The second-order valence-corrected chi connectivity index (χ2v) is 8.53. The maximum absolute atomic E-state index is 15.1. The molecule has 1 aliphatic carbocycles. The van der Waals surface area contributed by atoms with E-state index in [9.17, 15) is 48.3 Å². The monoisotopic (exact) mass is 598 g/mol. The molecule has 3 aromatic rings. The molecule has 3 aromatic carbocycles. The average Bonchev–Trinajstić information content (AvgIpc) is 3.01. The largest absolute Gasteiger partial charge is 0.497 e. The van der Waals surface area contributed by atoms with Crippen LogP contribution in [0.1, 0.15) is 27.8 Å². The van der Waals surface area contributed by atoms with Gasteiger partial charge < -0.3 is 4.74 Å². The highest BCUT2D eigenvalue weighted by molar-refractivity contribution is 6.01. The molecule has 0 saturated carbocycles. The third-order valence-corrected chi connectivity index (χ3v) is 6.10. The molecule has 0 unspecified atom stereocenters. The number of allylic oxidation sites excluding steroid dienone is 2. The molecule has 0 saturated heterocycles. The van der Waals surface area contributed by atoms with Crippen LogP contribution >= 0.6 is 0 Å². The molecule has 0 bridgehead atoms. The number of hydrogen-bond donors (Lipinski definition) is 0. The number of rotatable bonds is 3. The van der Waals surface area contributed by atoms with E-state index < -0.39 is 80.6 Å². The molecule has 216 valence electrons. The minimum Gasteiger partial charge on any atom is -0.497 e. The number of benzene rings is 3. The SMILES string of the molecule is COc1ccc(C#Cc2c(F)c(F)c(C3=C(c4ccc(C(F)(F)F)cc4)C(F)(F)C(F)(F)C3(F)F)c(F)c2F)cc1. The summed E-state index contributed by atoms with van der Waals surface area (Å²) in [5, 5.41) is 0. The number of alkyl halides is 9. The summed E-state index contributed by atoms with van der Waals surface area (Å²) in [5.74, 6) is -24.9. The smallest absolute Gasteiger partial charge is 0.416 e. The van der Waals surface area contributed by atoms with Crippen molar-refractivity contribution in [1.82, 2.24) is 0 Å². The fourth-order valence-corrected chi connectivity index (χ4v) is 4.03. The predicted octanol–water partition coefficient (Wildman–Crippen LogP) is 8.50. The first-order chi connectivity index (χ1) is 18.9. The summed E-state index contributed by atoms with van der Waals surface area (Å²) < 4.78 is 191. The van der Waals surface area contributed by atoms with E-state index in [1.165, 1.54) is 31.4 Å². The van der Waals surface area contributed by atoms with Crippen LogP contribution in [0.5, 0.6) is 5.75 Å². The van der Waals surface area contributed by atoms with Gasteiger partial charge in [-0.2, -0.15) is 39.5 Å². The lowest BCUT2D eigenvalue weighted by molar-refractivity contribution is -0.254. The van der Waals surface area contributed by atoms with Gasteiger partial charge in [0, 0.05) is 11.1 Å². The van der Waals surface area contributed by atoms with Crippen molar-refractivity contribution in [3.8, 4) is 17.6 Å². The maximum atomic E-state index is 15.1. The molecule has 0 atom stereocenters. The Kier molecular flexibility index (Phi) is 7.09. The van der Waals surface area contributed by atoms with Crippen LogP contribution in [0.4, 0.5) is 57.1 Å². The van der Waals surface area contributed by atoms with Crippen molar-refractivity contribution in [3.05, 3.63) is 99.6 Å². The van der Waals surface area contributed by atoms with Crippen molar-refractivity contribution in [1.29, 1.82) is 0 Å². The summed E-state index contributed by atoms with van der Waals surface area (Å²) in [7, 11) is 1.32. The number of methoxy groups -OCH3 is 1. The van der Waals surface area contributed by atoms with Gasteiger partial charge in [-0.15, -0.1) is 0 Å². The van der Waals surface area contributed by atoms with Crippen LogP contribution in [0.25, 0.3) is 11.1 Å². The fourth-order valence-electron chi connectivity index (χ4n) is 4.03. The minimum absolute atomic E-state index is 0.0170. The molecule has 0 N–H and O–H groups in total. The highest BCUT2D eigenvalue weighted by atomic mass is 19.4. The zero-order valence-electron chi connectivity index (χ0n) is 19.9. The van der Waals surface area contributed by atoms with Crippen molar-refractivity contribution in [3.63, 3.8) is 0 Å². The Morgan fingerprint density at radius 3 is 1.59 bits per heavy atom. The Hall–Kier alpha value is -4.15. The van der Waals surface area contributed by atoms with E-state index in [0.717, 1.165) is 0 Å². The van der Waals surface area contributed by atoms with Crippen molar-refractivity contribution in [2.45, 2.75) is 23.9 Å². The average molecular weight is 598 g/mol. The van der Waals surface area contributed by atoms with Crippen molar-refractivity contribution < 1.29 is 61.8 Å². The molecular weight excluding hydrogens is 587 g/mol. The number of halogens is 13. The van der Waals surface area contributed by atoms with Gasteiger partial charge in [-0.05, 0) is 42.0 Å². The molecule has 0 spiro atoms. The van der Waals surface area contributed by atoms with Crippen LogP contribution in [-0.4, -0.2) is 24.9 Å². The second kappa shape index (κ2) is 9.74. The number of hydrogen-bond acceptors (Lipinski definition) is 1. The van der Waals surface area contributed by atoms with Gasteiger partial charge in [0.05, 0.1) is 23.8 Å². The summed E-state index contributed by atoms with van der Waals surface area (Å²) in [5.41, 5.74) is -12.6. The molecule has 0 radical (unpaired) electrons. The van der Waals surface area contributed by atoms with Crippen LogP contribution in [0.15, 0.2) is 48.5 Å².